The highest BCUT2D eigenvalue weighted by Gasteiger charge is 2.39. The summed E-state index contributed by atoms with van der Waals surface area (Å²) in [6, 6.07) is 0. The molecule has 0 saturated heterocycles. The molecule has 106 valence electrons. The molecule has 2 fully saturated rings. The molecule has 2 aliphatic rings. The molecule has 1 heteroatoms. The van der Waals surface area contributed by atoms with Gasteiger partial charge in [-0.1, -0.05) is 33.1 Å². The highest BCUT2D eigenvalue weighted by atomic mass is 16.5. The van der Waals surface area contributed by atoms with Crippen LogP contribution in [0.1, 0.15) is 71.6 Å². The number of ether oxygens (including phenoxy) is 1. The minimum atomic E-state index is 0.560. The van der Waals surface area contributed by atoms with E-state index in [1.807, 2.05) is 7.11 Å². The van der Waals surface area contributed by atoms with Crippen molar-refractivity contribution in [3.8, 4) is 0 Å². The first kappa shape index (κ1) is 14.4. The monoisotopic (exact) mass is 252 g/mol. The molecule has 0 heterocycles. The van der Waals surface area contributed by atoms with Crippen LogP contribution in [0.5, 0.6) is 0 Å². The van der Waals surface area contributed by atoms with Crippen LogP contribution in [0.15, 0.2) is 0 Å². The van der Waals surface area contributed by atoms with Gasteiger partial charge in [0.2, 0.25) is 0 Å². The van der Waals surface area contributed by atoms with Crippen molar-refractivity contribution in [2.24, 2.45) is 23.7 Å². The smallest absolute Gasteiger partial charge is 0.0571 e. The molecule has 2 rings (SSSR count). The van der Waals surface area contributed by atoms with Crippen LogP contribution in [0.3, 0.4) is 0 Å². The first-order valence-electron chi connectivity index (χ1n) is 8.32. The predicted molar refractivity (Wildman–Crippen MR) is 77.7 cm³/mol. The summed E-state index contributed by atoms with van der Waals surface area (Å²) >= 11 is 0. The van der Waals surface area contributed by atoms with Crippen molar-refractivity contribution in [3.05, 3.63) is 0 Å². The Hall–Kier alpha value is -0.0400. The van der Waals surface area contributed by atoms with Crippen LogP contribution in [-0.2, 0) is 4.74 Å². The molecule has 18 heavy (non-hydrogen) atoms. The highest BCUT2D eigenvalue weighted by Crippen LogP contribution is 2.48. The van der Waals surface area contributed by atoms with E-state index in [0.717, 1.165) is 23.7 Å². The summed E-state index contributed by atoms with van der Waals surface area (Å²) in [6.45, 7) is 4.79. The van der Waals surface area contributed by atoms with Gasteiger partial charge in [-0.3, -0.25) is 0 Å². The van der Waals surface area contributed by atoms with Gasteiger partial charge < -0.3 is 4.74 Å². The Bertz CT molecular complexity index is 226. The third-order valence-electron chi connectivity index (χ3n) is 5.53. The molecule has 2 atom stereocenters. The zero-order chi connectivity index (χ0) is 13.0. The van der Waals surface area contributed by atoms with E-state index in [4.69, 9.17) is 4.74 Å². The average Bonchev–Trinajstić information content (AvgIpc) is 3.23. The van der Waals surface area contributed by atoms with E-state index in [1.54, 1.807) is 0 Å². The van der Waals surface area contributed by atoms with Gasteiger partial charge in [0.15, 0.2) is 0 Å². The highest BCUT2D eigenvalue weighted by molar-refractivity contribution is 4.89. The van der Waals surface area contributed by atoms with Crippen LogP contribution in [0.4, 0.5) is 0 Å². The normalized spacial score (nSPS) is 32.2. The van der Waals surface area contributed by atoms with Gasteiger partial charge in [0.05, 0.1) is 6.10 Å². The fraction of sp³-hybridized carbons (Fsp3) is 1.00. The summed E-state index contributed by atoms with van der Waals surface area (Å²) in [6.07, 6.45) is 13.3. The number of methoxy groups -OCH3 is 1. The van der Waals surface area contributed by atoms with Gasteiger partial charge in [-0.05, 0) is 62.2 Å². The van der Waals surface area contributed by atoms with Crippen molar-refractivity contribution in [2.75, 3.05) is 7.11 Å². The molecule has 2 unspecified atom stereocenters. The Morgan fingerprint density at radius 3 is 1.89 bits per heavy atom. The molecule has 0 N–H and O–H groups in total. The van der Waals surface area contributed by atoms with Crippen LogP contribution in [0.25, 0.3) is 0 Å². The van der Waals surface area contributed by atoms with E-state index < -0.39 is 0 Å². The largest absolute Gasteiger partial charge is 0.381 e. The SMILES string of the molecule is CCCC(C1CCC(OC)CC1)C(CC)C1CC1. The molecule has 0 aromatic rings. The summed E-state index contributed by atoms with van der Waals surface area (Å²) in [5, 5.41) is 0. The van der Waals surface area contributed by atoms with Gasteiger partial charge in [-0.25, -0.2) is 0 Å². The van der Waals surface area contributed by atoms with Crippen LogP contribution in [0.2, 0.25) is 0 Å². The zero-order valence-corrected chi connectivity index (χ0v) is 12.7. The lowest BCUT2D eigenvalue weighted by Crippen LogP contribution is -2.30. The minimum absolute atomic E-state index is 0.560. The first-order valence-corrected chi connectivity index (χ1v) is 8.32. The van der Waals surface area contributed by atoms with E-state index in [-0.39, 0.29) is 0 Å². The fourth-order valence-corrected chi connectivity index (χ4v) is 4.40. The fourth-order valence-electron chi connectivity index (χ4n) is 4.40. The first-order chi connectivity index (χ1) is 8.80. The number of rotatable bonds is 7. The van der Waals surface area contributed by atoms with E-state index in [1.165, 1.54) is 57.8 Å². The van der Waals surface area contributed by atoms with Gasteiger partial charge in [0.1, 0.15) is 0 Å². The standard InChI is InChI=1S/C17H32O/c1-4-6-17(16(5-2)13-7-8-13)14-9-11-15(18-3)12-10-14/h13-17H,4-12H2,1-3H3. The van der Waals surface area contributed by atoms with Crippen LogP contribution >= 0.6 is 0 Å². The summed E-state index contributed by atoms with van der Waals surface area (Å²) in [4.78, 5) is 0. The van der Waals surface area contributed by atoms with Crippen molar-refractivity contribution < 1.29 is 4.74 Å². The lowest BCUT2D eigenvalue weighted by atomic mass is 9.69. The van der Waals surface area contributed by atoms with Crippen molar-refractivity contribution >= 4 is 0 Å². The van der Waals surface area contributed by atoms with Crippen molar-refractivity contribution in [3.63, 3.8) is 0 Å². The molecule has 0 spiro atoms. The molecular formula is C17H32O. The van der Waals surface area contributed by atoms with Gasteiger partial charge >= 0.3 is 0 Å². The molecule has 2 aliphatic carbocycles. The molecular weight excluding hydrogens is 220 g/mol. The summed E-state index contributed by atoms with van der Waals surface area (Å²) in [5.41, 5.74) is 0. The molecule has 0 radical (unpaired) electrons. The summed E-state index contributed by atoms with van der Waals surface area (Å²) in [7, 11) is 1.88. The van der Waals surface area contributed by atoms with Gasteiger partial charge in [-0.2, -0.15) is 0 Å². The number of hydrogen-bond acceptors (Lipinski definition) is 1. The second-order valence-corrected chi connectivity index (χ2v) is 6.63. The quantitative estimate of drug-likeness (QED) is 0.616. The second kappa shape index (κ2) is 6.93. The second-order valence-electron chi connectivity index (χ2n) is 6.63. The topological polar surface area (TPSA) is 9.23 Å². The summed E-state index contributed by atoms with van der Waals surface area (Å²) in [5.74, 6) is 4.15. The van der Waals surface area contributed by atoms with E-state index >= 15 is 0 Å². The maximum absolute atomic E-state index is 5.53. The Labute approximate surface area is 114 Å². The zero-order valence-electron chi connectivity index (χ0n) is 12.7. The third-order valence-corrected chi connectivity index (χ3v) is 5.53. The lowest BCUT2D eigenvalue weighted by molar-refractivity contribution is 0.0341. The van der Waals surface area contributed by atoms with Crippen LogP contribution in [-0.4, -0.2) is 13.2 Å². The Balaban J connectivity index is 1.92. The van der Waals surface area contributed by atoms with E-state index in [0.29, 0.717) is 6.10 Å². The lowest BCUT2D eigenvalue weighted by Gasteiger charge is -2.38. The number of hydrogen-bond donors (Lipinski definition) is 0. The van der Waals surface area contributed by atoms with E-state index in [2.05, 4.69) is 13.8 Å². The van der Waals surface area contributed by atoms with Gasteiger partial charge in [0, 0.05) is 7.11 Å². The van der Waals surface area contributed by atoms with Gasteiger partial charge in [-0.15, -0.1) is 0 Å². The van der Waals surface area contributed by atoms with Crippen LogP contribution in [0, 0.1) is 23.7 Å². The third kappa shape index (κ3) is 3.50. The van der Waals surface area contributed by atoms with E-state index in [9.17, 15) is 0 Å². The van der Waals surface area contributed by atoms with Gasteiger partial charge in [0.25, 0.3) is 0 Å². The van der Waals surface area contributed by atoms with Crippen molar-refractivity contribution in [2.45, 2.75) is 77.7 Å². The average molecular weight is 252 g/mol. The molecule has 0 bridgehead atoms. The molecule has 1 nitrogen and oxygen atoms in total. The Kier molecular flexibility index (Phi) is 5.54. The molecule has 0 aromatic heterocycles. The molecule has 0 aromatic carbocycles. The van der Waals surface area contributed by atoms with Crippen molar-refractivity contribution in [1.82, 2.24) is 0 Å². The Morgan fingerprint density at radius 1 is 0.889 bits per heavy atom. The maximum Gasteiger partial charge on any atom is 0.0571 e. The molecule has 0 aliphatic heterocycles. The maximum atomic E-state index is 5.53. The Morgan fingerprint density at radius 2 is 1.44 bits per heavy atom. The molecule has 0 amide bonds. The predicted octanol–water partition coefficient (Wildman–Crippen LogP) is 5.04. The summed E-state index contributed by atoms with van der Waals surface area (Å²) < 4.78 is 5.53. The molecule has 2 saturated carbocycles. The van der Waals surface area contributed by atoms with Crippen LogP contribution < -0.4 is 0 Å². The minimum Gasteiger partial charge on any atom is -0.381 e. The van der Waals surface area contributed by atoms with Crippen molar-refractivity contribution in [1.29, 1.82) is 0 Å².